The lowest BCUT2D eigenvalue weighted by atomic mass is 10.0. The van der Waals surface area contributed by atoms with E-state index in [1.165, 1.54) is 12.4 Å². The van der Waals surface area contributed by atoms with E-state index in [0.29, 0.717) is 49.9 Å². The van der Waals surface area contributed by atoms with Gasteiger partial charge in [-0.25, -0.2) is 19.7 Å². The minimum atomic E-state index is -0.625. The summed E-state index contributed by atoms with van der Waals surface area (Å²) in [6, 6.07) is 6.55. The molecule has 0 aliphatic carbocycles. The molecule has 0 saturated carbocycles. The molecule has 3 N–H and O–H groups in total. The number of carbonyl (C=O) groups is 2. The molecule has 3 amide bonds. The second-order valence-corrected chi connectivity index (χ2v) is 8.03. The van der Waals surface area contributed by atoms with Crippen molar-refractivity contribution in [3.63, 3.8) is 0 Å². The van der Waals surface area contributed by atoms with Gasteiger partial charge >= 0.3 is 6.03 Å². The topological polar surface area (TPSA) is 139 Å². The molecule has 0 spiro atoms. The van der Waals surface area contributed by atoms with Crippen molar-refractivity contribution in [3.05, 3.63) is 59.8 Å². The molecule has 1 saturated heterocycles. The van der Waals surface area contributed by atoms with Crippen LogP contribution >= 0.6 is 0 Å². The molecule has 3 aromatic rings. The first kappa shape index (κ1) is 21.7. The molecule has 5 rings (SSSR count). The van der Waals surface area contributed by atoms with Crippen LogP contribution < -0.4 is 16.0 Å². The highest BCUT2D eigenvalue weighted by molar-refractivity contribution is 5.92. The maximum Gasteiger partial charge on any atom is 0.316 e. The van der Waals surface area contributed by atoms with Crippen molar-refractivity contribution in [2.45, 2.75) is 13.0 Å². The third-order valence-electron chi connectivity index (χ3n) is 5.83. The molecule has 174 valence electrons. The smallest absolute Gasteiger partial charge is 0.316 e. The zero-order valence-corrected chi connectivity index (χ0v) is 18.5. The van der Waals surface area contributed by atoms with Gasteiger partial charge in [-0.15, -0.1) is 0 Å². The number of hydrogen-bond acceptors (Lipinski definition) is 8. The van der Waals surface area contributed by atoms with Crippen molar-refractivity contribution in [2.75, 3.05) is 43.1 Å². The maximum absolute atomic E-state index is 13.0. The molecule has 0 atom stereocenters. The standard InChI is InChI=1S/C23H24N8O3/c24-23(33)27-16-3-1-15(2-4-16)20-28-19-14-31(22(32)18-13-25-6-7-26-18)8-5-17(19)21(29-20)30-9-11-34-12-10-30/h1-4,6-7,13H,5,8-12,14H2,(H3,24,27,33). The zero-order chi connectivity index (χ0) is 23.5. The molecule has 4 heterocycles. The molecule has 2 aliphatic rings. The Hall–Kier alpha value is -4.12. The number of aromatic nitrogens is 4. The molecule has 11 nitrogen and oxygen atoms in total. The summed E-state index contributed by atoms with van der Waals surface area (Å²) in [6.07, 6.45) is 5.18. The van der Waals surface area contributed by atoms with Gasteiger partial charge in [-0.3, -0.25) is 9.78 Å². The first-order valence-corrected chi connectivity index (χ1v) is 11.0. The molecule has 34 heavy (non-hydrogen) atoms. The summed E-state index contributed by atoms with van der Waals surface area (Å²) in [7, 11) is 0. The van der Waals surface area contributed by atoms with Crippen molar-refractivity contribution >= 4 is 23.4 Å². The molecule has 2 aromatic heterocycles. The fraction of sp³-hybridized carbons (Fsp3) is 0.304. The van der Waals surface area contributed by atoms with Gasteiger partial charge in [0.05, 0.1) is 31.6 Å². The number of amides is 3. The zero-order valence-electron chi connectivity index (χ0n) is 18.5. The van der Waals surface area contributed by atoms with Crippen LogP contribution in [0.4, 0.5) is 16.3 Å². The van der Waals surface area contributed by atoms with Gasteiger partial charge in [-0.05, 0) is 30.7 Å². The van der Waals surface area contributed by atoms with E-state index in [1.54, 1.807) is 23.2 Å². The lowest BCUT2D eigenvalue weighted by Gasteiger charge is -2.34. The van der Waals surface area contributed by atoms with Crippen LogP contribution in [-0.2, 0) is 17.7 Å². The average Bonchev–Trinajstić information content (AvgIpc) is 2.88. The molecule has 0 unspecified atom stereocenters. The van der Waals surface area contributed by atoms with Gasteiger partial charge in [0.25, 0.3) is 5.91 Å². The number of benzene rings is 1. The number of primary amides is 1. The lowest BCUT2D eigenvalue weighted by Crippen LogP contribution is -2.41. The molecule has 0 radical (unpaired) electrons. The maximum atomic E-state index is 13.0. The van der Waals surface area contributed by atoms with Gasteiger partial charge in [0.2, 0.25) is 0 Å². The first-order chi connectivity index (χ1) is 16.6. The number of fused-ring (bicyclic) bond motifs is 1. The van der Waals surface area contributed by atoms with Crippen LogP contribution in [0, 0.1) is 0 Å². The summed E-state index contributed by atoms with van der Waals surface area (Å²) >= 11 is 0. The van der Waals surface area contributed by atoms with E-state index < -0.39 is 6.03 Å². The average molecular weight is 460 g/mol. The predicted molar refractivity (Wildman–Crippen MR) is 124 cm³/mol. The Morgan fingerprint density at radius 2 is 1.82 bits per heavy atom. The highest BCUT2D eigenvalue weighted by Crippen LogP contribution is 2.31. The minimum Gasteiger partial charge on any atom is -0.378 e. The van der Waals surface area contributed by atoms with Gasteiger partial charge in [0.15, 0.2) is 5.82 Å². The molecule has 0 bridgehead atoms. The van der Waals surface area contributed by atoms with Crippen molar-refractivity contribution < 1.29 is 14.3 Å². The Kier molecular flexibility index (Phi) is 6.00. The number of nitrogens with one attached hydrogen (secondary N) is 1. The van der Waals surface area contributed by atoms with E-state index in [1.807, 2.05) is 12.1 Å². The van der Waals surface area contributed by atoms with Crippen LogP contribution in [0.5, 0.6) is 0 Å². The minimum absolute atomic E-state index is 0.172. The molecular weight excluding hydrogens is 436 g/mol. The number of anilines is 2. The van der Waals surface area contributed by atoms with Gasteiger partial charge in [-0.1, -0.05) is 0 Å². The number of nitrogens with two attached hydrogens (primary N) is 1. The Morgan fingerprint density at radius 3 is 2.53 bits per heavy atom. The Labute approximate surface area is 196 Å². The summed E-state index contributed by atoms with van der Waals surface area (Å²) in [6.45, 7) is 3.67. The van der Waals surface area contributed by atoms with Gasteiger partial charge in [0, 0.05) is 48.8 Å². The third kappa shape index (κ3) is 4.50. The second kappa shape index (κ2) is 9.40. The van der Waals surface area contributed by atoms with E-state index in [9.17, 15) is 9.59 Å². The van der Waals surface area contributed by atoms with Crippen molar-refractivity contribution in [1.82, 2.24) is 24.8 Å². The normalized spacial score (nSPS) is 15.5. The van der Waals surface area contributed by atoms with Crippen LogP contribution in [0.1, 0.15) is 21.7 Å². The Morgan fingerprint density at radius 1 is 1.03 bits per heavy atom. The van der Waals surface area contributed by atoms with E-state index >= 15 is 0 Å². The molecule has 1 fully saturated rings. The fourth-order valence-corrected chi connectivity index (χ4v) is 4.17. The van der Waals surface area contributed by atoms with Crippen molar-refractivity contribution in [3.8, 4) is 11.4 Å². The Bertz CT molecular complexity index is 1200. The number of nitrogens with zero attached hydrogens (tertiary/aromatic N) is 6. The van der Waals surface area contributed by atoms with Crippen molar-refractivity contribution in [1.29, 1.82) is 0 Å². The summed E-state index contributed by atoms with van der Waals surface area (Å²) in [4.78, 5) is 46.0. The number of carbonyl (C=O) groups excluding carboxylic acids is 2. The molecular formula is C23H24N8O3. The summed E-state index contributed by atoms with van der Waals surface area (Å²) in [5.41, 5.74) is 8.77. The lowest BCUT2D eigenvalue weighted by molar-refractivity contribution is 0.0725. The van der Waals surface area contributed by atoms with Crippen LogP contribution in [0.2, 0.25) is 0 Å². The van der Waals surface area contributed by atoms with Gasteiger partial charge < -0.3 is 25.6 Å². The largest absolute Gasteiger partial charge is 0.378 e. The van der Waals surface area contributed by atoms with E-state index in [2.05, 4.69) is 20.2 Å². The number of ether oxygens (including phenoxy) is 1. The van der Waals surface area contributed by atoms with E-state index in [-0.39, 0.29) is 5.91 Å². The molecule has 2 aliphatic heterocycles. The summed E-state index contributed by atoms with van der Waals surface area (Å²) < 4.78 is 5.53. The quantitative estimate of drug-likeness (QED) is 0.596. The summed E-state index contributed by atoms with van der Waals surface area (Å²) in [5.74, 6) is 1.27. The highest BCUT2D eigenvalue weighted by atomic mass is 16.5. The van der Waals surface area contributed by atoms with Crippen LogP contribution in [0.3, 0.4) is 0 Å². The van der Waals surface area contributed by atoms with Crippen LogP contribution in [0.25, 0.3) is 11.4 Å². The molecule has 11 heteroatoms. The highest BCUT2D eigenvalue weighted by Gasteiger charge is 2.29. The third-order valence-corrected chi connectivity index (χ3v) is 5.83. The number of hydrogen-bond donors (Lipinski definition) is 2. The number of rotatable bonds is 4. The van der Waals surface area contributed by atoms with Gasteiger partial charge in [-0.2, -0.15) is 0 Å². The van der Waals surface area contributed by atoms with Gasteiger partial charge in [0.1, 0.15) is 11.5 Å². The van der Waals surface area contributed by atoms with E-state index in [4.69, 9.17) is 20.4 Å². The van der Waals surface area contributed by atoms with Crippen LogP contribution in [-0.4, -0.2) is 69.6 Å². The SMILES string of the molecule is NC(=O)Nc1ccc(-c2nc3c(c(N4CCOCC4)n2)CCN(C(=O)c2cnccn2)C3)cc1. The van der Waals surface area contributed by atoms with Crippen molar-refractivity contribution in [2.24, 2.45) is 5.73 Å². The molecule has 1 aromatic carbocycles. The van der Waals surface area contributed by atoms with E-state index in [0.717, 1.165) is 35.7 Å². The Balaban J connectivity index is 1.50. The predicted octanol–water partition coefficient (Wildman–Crippen LogP) is 1.46. The number of urea groups is 1. The summed E-state index contributed by atoms with van der Waals surface area (Å²) in [5, 5.41) is 2.55. The van der Waals surface area contributed by atoms with Crippen LogP contribution in [0.15, 0.2) is 42.9 Å². The second-order valence-electron chi connectivity index (χ2n) is 8.03. The number of morpholine rings is 1. The fourth-order valence-electron chi connectivity index (χ4n) is 4.17. The monoisotopic (exact) mass is 460 g/mol. The first-order valence-electron chi connectivity index (χ1n) is 11.0.